The van der Waals surface area contributed by atoms with Gasteiger partial charge < -0.3 is 4.74 Å². The predicted molar refractivity (Wildman–Crippen MR) is 110 cm³/mol. The van der Waals surface area contributed by atoms with Gasteiger partial charge in [-0.1, -0.05) is 41.7 Å². The van der Waals surface area contributed by atoms with Gasteiger partial charge in [0.1, 0.15) is 11.6 Å². The number of amides is 1. The Kier molecular flexibility index (Phi) is 5.04. The van der Waals surface area contributed by atoms with E-state index in [0.29, 0.717) is 33.2 Å². The number of carbonyl (C=O) groups excluding carboxylic acids is 1. The fourth-order valence-electron chi connectivity index (χ4n) is 2.88. The standard InChI is InChI=1S/C22H17FN2O2S/c1-27-18-10-7-16(8-11-18)21(26)25(14-15-5-3-2-4-6-15)22-24-19-12-9-17(23)13-20(19)28-22/h2-13H,14H2,1H3. The van der Waals surface area contributed by atoms with Gasteiger partial charge in [0, 0.05) is 5.56 Å². The van der Waals surface area contributed by atoms with Crippen LogP contribution >= 0.6 is 11.3 Å². The molecule has 0 saturated heterocycles. The van der Waals surface area contributed by atoms with Gasteiger partial charge in [0.05, 0.1) is 23.9 Å². The second-order valence-electron chi connectivity index (χ2n) is 6.21. The summed E-state index contributed by atoms with van der Waals surface area (Å²) in [6, 6.07) is 21.1. The maximum atomic E-state index is 13.6. The summed E-state index contributed by atoms with van der Waals surface area (Å²) >= 11 is 1.30. The molecule has 0 aliphatic carbocycles. The topological polar surface area (TPSA) is 42.4 Å². The van der Waals surface area contributed by atoms with E-state index in [1.54, 1.807) is 42.3 Å². The van der Waals surface area contributed by atoms with E-state index in [1.807, 2.05) is 30.3 Å². The second-order valence-corrected chi connectivity index (χ2v) is 7.22. The molecule has 0 bridgehead atoms. The van der Waals surface area contributed by atoms with Crippen molar-refractivity contribution < 1.29 is 13.9 Å². The number of nitrogens with zero attached hydrogens (tertiary/aromatic N) is 2. The minimum absolute atomic E-state index is 0.175. The number of aromatic nitrogens is 1. The zero-order valence-electron chi connectivity index (χ0n) is 15.1. The lowest BCUT2D eigenvalue weighted by Gasteiger charge is -2.20. The Bertz CT molecular complexity index is 1110. The van der Waals surface area contributed by atoms with Crippen molar-refractivity contribution in [2.75, 3.05) is 12.0 Å². The molecule has 0 unspecified atom stereocenters. The number of carbonyl (C=O) groups is 1. The van der Waals surface area contributed by atoms with Crippen LogP contribution in [-0.2, 0) is 6.54 Å². The van der Waals surface area contributed by atoms with Gasteiger partial charge in [-0.15, -0.1) is 0 Å². The normalized spacial score (nSPS) is 10.8. The summed E-state index contributed by atoms with van der Waals surface area (Å²) < 4.78 is 19.4. The molecule has 1 heterocycles. The van der Waals surface area contributed by atoms with Crippen molar-refractivity contribution in [2.45, 2.75) is 6.54 Å². The molecule has 3 aromatic carbocycles. The molecule has 0 saturated carbocycles. The highest BCUT2D eigenvalue weighted by Gasteiger charge is 2.22. The number of hydrogen-bond acceptors (Lipinski definition) is 4. The minimum atomic E-state index is -0.321. The van der Waals surface area contributed by atoms with Crippen molar-refractivity contribution in [3.8, 4) is 5.75 Å². The lowest BCUT2D eigenvalue weighted by Crippen LogP contribution is -2.30. The van der Waals surface area contributed by atoms with Crippen LogP contribution in [0.2, 0.25) is 0 Å². The Hall–Kier alpha value is -3.25. The predicted octanol–water partition coefficient (Wildman–Crippen LogP) is 5.29. The van der Waals surface area contributed by atoms with Crippen LogP contribution in [0.3, 0.4) is 0 Å². The van der Waals surface area contributed by atoms with Gasteiger partial charge in [-0.05, 0) is 48.0 Å². The third kappa shape index (κ3) is 3.73. The Balaban J connectivity index is 1.74. The summed E-state index contributed by atoms with van der Waals surface area (Å²) in [6.07, 6.45) is 0. The molecular weight excluding hydrogens is 375 g/mol. The third-order valence-corrected chi connectivity index (χ3v) is 5.38. The summed E-state index contributed by atoms with van der Waals surface area (Å²) in [5.41, 5.74) is 2.18. The van der Waals surface area contributed by atoms with Gasteiger partial charge in [-0.25, -0.2) is 9.37 Å². The highest BCUT2D eigenvalue weighted by atomic mass is 32.1. The number of anilines is 1. The summed E-state index contributed by atoms with van der Waals surface area (Å²) in [5.74, 6) is 0.187. The van der Waals surface area contributed by atoms with Crippen LogP contribution in [0.25, 0.3) is 10.2 Å². The van der Waals surface area contributed by atoms with Crippen molar-refractivity contribution in [1.29, 1.82) is 0 Å². The molecule has 6 heteroatoms. The second kappa shape index (κ2) is 7.78. The van der Waals surface area contributed by atoms with E-state index in [1.165, 1.54) is 23.5 Å². The number of fused-ring (bicyclic) bond motifs is 1. The Labute approximate surface area is 165 Å². The van der Waals surface area contributed by atoms with Gasteiger partial charge in [0.2, 0.25) is 0 Å². The van der Waals surface area contributed by atoms with Crippen LogP contribution in [0, 0.1) is 5.82 Å². The van der Waals surface area contributed by atoms with Crippen molar-refractivity contribution in [1.82, 2.24) is 4.98 Å². The number of benzene rings is 3. The molecule has 140 valence electrons. The van der Waals surface area contributed by atoms with Crippen molar-refractivity contribution in [3.63, 3.8) is 0 Å². The first-order valence-corrected chi connectivity index (χ1v) is 9.51. The van der Waals surface area contributed by atoms with E-state index >= 15 is 0 Å². The quantitative estimate of drug-likeness (QED) is 0.463. The van der Waals surface area contributed by atoms with E-state index in [-0.39, 0.29) is 11.7 Å². The molecular formula is C22H17FN2O2S. The number of hydrogen-bond donors (Lipinski definition) is 0. The minimum Gasteiger partial charge on any atom is -0.497 e. The molecule has 0 aliphatic heterocycles. The van der Waals surface area contributed by atoms with E-state index < -0.39 is 0 Å². The molecule has 1 aromatic heterocycles. The average molecular weight is 392 g/mol. The number of thiazole rings is 1. The first kappa shape index (κ1) is 18.1. The summed E-state index contributed by atoms with van der Waals surface area (Å²) in [5, 5.41) is 0.533. The molecule has 0 aliphatic rings. The van der Waals surface area contributed by atoms with Crippen LogP contribution in [0.5, 0.6) is 5.75 Å². The molecule has 1 amide bonds. The lowest BCUT2D eigenvalue weighted by atomic mass is 10.1. The lowest BCUT2D eigenvalue weighted by molar-refractivity contribution is 0.0985. The molecule has 28 heavy (non-hydrogen) atoms. The first-order valence-electron chi connectivity index (χ1n) is 8.70. The highest BCUT2D eigenvalue weighted by Crippen LogP contribution is 2.31. The van der Waals surface area contributed by atoms with Crippen LogP contribution in [-0.4, -0.2) is 18.0 Å². The van der Waals surface area contributed by atoms with E-state index in [9.17, 15) is 9.18 Å². The van der Waals surface area contributed by atoms with Crippen LogP contribution in [0.1, 0.15) is 15.9 Å². The summed E-state index contributed by atoms with van der Waals surface area (Å²) in [6.45, 7) is 0.369. The van der Waals surface area contributed by atoms with Gasteiger partial charge in [-0.3, -0.25) is 9.69 Å². The van der Waals surface area contributed by atoms with Gasteiger partial charge >= 0.3 is 0 Å². The molecule has 4 aromatic rings. The van der Waals surface area contributed by atoms with Crippen molar-refractivity contribution in [2.24, 2.45) is 0 Å². The van der Waals surface area contributed by atoms with Crippen LogP contribution in [0.4, 0.5) is 9.52 Å². The van der Waals surface area contributed by atoms with Crippen LogP contribution in [0.15, 0.2) is 72.8 Å². The molecule has 4 rings (SSSR count). The Morgan fingerprint density at radius 3 is 2.54 bits per heavy atom. The van der Waals surface area contributed by atoms with Crippen molar-refractivity contribution in [3.05, 3.63) is 89.7 Å². The first-order chi connectivity index (χ1) is 13.6. The average Bonchev–Trinajstić information content (AvgIpc) is 3.15. The third-order valence-electron chi connectivity index (χ3n) is 4.34. The fraction of sp³-hybridized carbons (Fsp3) is 0.0909. The number of ether oxygens (including phenoxy) is 1. The molecule has 4 nitrogen and oxygen atoms in total. The van der Waals surface area contributed by atoms with Gasteiger partial charge in [-0.2, -0.15) is 0 Å². The molecule has 0 atom stereocenters. The monoisotopic (exact) mass is 392 g/mol. The maximum Gasteiger partial charge on any atom is 0.260 e. The van der Waals surface area contributed by atoms with E-state index in [2.05, 4.69) is 4.98 Å². The Morgan fingerprint density at radius 2 is 1.82 bits per heavy atom. The zero-order chi connectivity index (χ0) is 19.5. The van der Waals surface area contributed by atoms with Crippen molar-refractivity contribution >= 4 is 32.6 Å². The van der Waals surface area contributed by atoms with Crippen LogP contribution < -0.4 is 9.64 Å². The SMILES string of the molecule is COc1ccc(C(=O)N(Cc2ccccc2)c2nc3ccc(F)cc3s2)cc1. The maximum absolute atomic E-state index is 13.6. The zero-order valence-corrected chi connectivity index (χ0v) is 15.9. The number of rotatable bonds is 5. The van der Waals surface area contributed by atoms with E-state index in [0.717, 1.165) is 5.56 Å². The summed E-state index contributed by atoms with van der Waals surface area (Å²) in [7, 11) is 1.58. The smallest absolute Gasteiger partial charge is 0.260 e. The molecule has 0 spiro atoms. The number of halogens is 1. The van der Waals surface area contributed by atoms with E-state index in [4.69, 9.17) is 4.74 Å². The fourth-order valence-corrected chi connectivity index (χ4v) is 3.87. The van der Waals surface area contributed by atoms with Gasteiger partial charge in [0.15, 0.2) is 5.13 Å². The van der Waals surface area contributed by atoms with Gasteiger partial charge in [0.25, 0.3) is 5.91 Å². The molecule has 0 radical (unpaired) electrons. The number of methoxy groups -OCH3 is 1. The highest BCUT2D eigenvalue weighted by molar-refractivity contribution is 7.22. The largest absolute Gasteiger partial charge is 0.497 e. The Morgan fingerprint density at radius 1 is 1.07 bits per heavy atom. The molecule has 0 fully saturated rings. The summed E-state index contributed by atoms with van der Waals surface area (Å²) in [4.78, 5) is 19.5. The molecule has 0 N–H and O–H groups in total.